The highest BCUT2D eigenvalue weighted by Gasteiger charge is 2.07. The van der Waals surface area contributed by atoms with E-state index in [-0.39, 0.29) is 25.2 Å². The molecule has 0 fully saturated rings. The molecular formula is C16H22ClN7O2. The topological polar surface area (TPSA) is 113 Å². The zero-order chi connectivity index (χ0) is 18.8. The molecule has 0 saturated carbocycles. The quantitative estimate of drug-likeness (QED) is 0.495. The number of nitrogens with one attached hydrogen (secondary N) is 4. The Kier molecular flexibility index (Phi) is 7.69. The SMILES string of the molecule is CCNc1nc(NCC)nc(OCCNC(=O)Nc2ccc(Cl)cc2)n1. The van der Waals surface area contributed by atoms with Gasteiger partial charge in [-0.2, -0.15) is 15.0 Å². The molecule has 10 heteroatoms. The van der Waals surface area contributed by atoms with Gasteiger partial charge in [-0.25, -0.2) is 4.79 Å². The number of hydrogen-bond acceptors (Lipinski definition) is 7. The minimum Gasteiger partial charge on any atom is -0.461 e. The van der Waals surface area contributed by atoms with Gasteiger partial charge in [0.1, 0.15) is 6.61 Å². The van der Waals surface area contributed by atoms with Crippen LogP contribution >= 0.6 is 11.6 Å². The second-order valence-electron chi connectivity index (χ2n) is 5.06. The van der Waals surface area contributed by atoms with Gasteiger partial charge in [0.25, 0.3) is 0 Å². The fraction of sp³-hybridized carbons (Fsp3) is 0.375. The molecular weight excluding hydrogens is 358 g/mol. The number of amides is 2. The summed E-state index contributed by atoms with van der Waals surface area (Å²) in [6.07, 6.45) is 0. The second-order valence-corrected chi connectivity index (χ2v) is 5.50. The van der Waals surface area contributed by atoms with E-state index in [1.54, 1.807) is 24.3 Å². The molecule has 0 unspecified atom stereocenters. The first-order valence-electron chi connectivity index (χ1n) is 8.27. The van der Waals surface area contributed by atoms with Crippen LogP contribution in [0.25, 0.3) is 0 Å². The summed E-state index contributed by atoms with van der Waals surface area (Å²) in [5.41, 5.74) is 0.649. The fourth-order valence-corrected chi connectivity index (χ4v) is 2.04. The number of carbonyl (C=O) groups excluding carboxylic acids is 1. The Morgan fingerprint density at radius 1 is 1.04 bits per heavy atom. The van der Waals surface area contributed by atoms with E-state index >= 15 is 0 Å². The van der Waals surface area contributed by atoms with Crippen molar-refractivity contribution in [3.05, 3.63) is 29.3 Å². The minimum atomic E-state index is -0.340. The Morgan fingerprint density at radius 3 is 2.23 bits per heavy atom. The van der Waals surface area contributed by atoms with Crippen LogP contribution in [0.4, 0.5) is 22.4 Å². The van der Waals surface area contributed by atoms with Crippen LogP contribution in [-0.2, 0) is 0 Å². The molecule has 0 saturated heterocycles. The maximum atomic E-state index is 11.8. The van der Waals surface area contributed by atoms with Gasteiger partial charge >= 0.3 is 12.0 Å². The van der Waals surface area contributed by atoms with Gasteiger partial charge in [-0.3, -0.25) is 0 Å². The van der Waals surface area contributed by atoms with Gasteiger partial charge in [0.15, 0.2) is 0 Å². The largest absolute Gasteiger partial charge is 0.461 e. The molecule has 140 valence electrons. The first kappa shape index (κ1) is 19.5. The van der Waals surface area contributed by atoms with E-state index in [0.29, 0.717) is 35.7 Å². The van der Waals surface area contributed by atoms with E-state index in [2.05, 4.69) is 36.2 Å². The summed E-state index contributed by atoms with van der Waals surface area (Å²) < 4.78 is 5.49. The van der Waals surface area contributed by atoms with Crippen LogP contribution in [0.3, 0.4) is 0 Å². The van der Waals surface area contributed by atoms with Crippen LogP contribution in [0.1, 0.15) is 13.8 Å². The summed E-state index contributed by atoms with van der Waals surface area (Å²) in [5, 5.41) is 12.0. The Balaban J connectivity index is 1.79. The standard InChI is InChI=1S/C16H22ClN7O2/c1-3-18-13-22-14(19-4-2)24-16(23-13)26-10-9-20-15(25)21-12-7-5-11(17)6-8-12/h5-8H,3-4,9-10H2,1-2H3,(H2,20,21,25)(H2,18,19,22,23,24). The average molecular weight is 380 g/mol. The van der Waals surface area contributed by atoms with E-state index < -0.39 is 0 Å². The lowest BCUT2D eigenvalue weighted by atomic mass is 10.3. The zero-order valence-electron chi connectivity index (χ0n) is 14.7. The highest BCUT2D eigenvalue weighted by Crippen LogP contribution is 2.13. The number of nitrogens with zero attached hydrogens (tertiary/aromatic N) is 3. The molecule has 26 heavy (non-hydrogen) atoms. The van der Waals surface area contributed by atoms with Gasteiger partial charge in [-0.05, 0) is 38.1 Å². The van der Waals surface area contributed by atoms with E-state index in [1.165, 1.54) is 0 Å². The minimum absolute atomic E-state index is 0.187. The third-order valence-corrected chi connectivity index (χ3v) is 3.26. The molecule has 0 spiro atoms. The third kappa shape index (κ3) is 6.60. The number of benzene rings is 1. The van der Waals surface area contributed by atoms with E-state index in [4.69, 9.17) is 16.3 Å². The number of rotatable bonds is 9. The molecule has 1 aromatic carbocycles. The highest BCUT2D eigenvalue weighted by molar-refractivity contribution is 6.30. The van der Waals surface area contributed by atoms with Crippen molar-refractivity contribution in [2.75, 3.05) is 42.2 Å². The number of aromatic nitrogens is 3. The first-order chi connectivity index (χ1) is 12.6. The number of hydrogen-bond donors (Lipinski definition) is 4. The van der Waals surface area contributed by atoms with Crippen LogP contribution in [0.15, 0.2) is 24.3 Å². The third-order valence-electron chi connectivity index (χ3n) is 3.01. The second kappa shape index (κ2) is 10.2. The van der Waals surface area contributed by atoms with Crippen molar-refractivity contribution in [2.45, 2.75) is 13.8 Å². The Morgan fingerprint density at radius 2 is 1.65 bits per heavy atom. The number of halogens is 1. The Bertz CT molecular complexity index is 688. The molecule has 0 aliphatic rings. The molecule has 0 aliphatic carbocycles. The van der Waals surface area contributed by atoms with Crippen molar-refractivity contribution >= 4 is 35.2 Å². The molecule has 2 aromatic rings. The highest BCUT2D eigenvalue weighted by atomic mass is 35.5. The summed E-state index contributed by atoms with van der Waals surface area (Å²) in [4.78, 5) is 24.3. The van der Waals surface area contributed by atoms with Gasteiger partial charge in [-0.15, -0.1) is 0 Å². The molecule has 0 bridgehead atoms. The summed E-state index contributed by atoms with van der Waals surface area (Å²) in [5.74, 6) is 0.865. The van der Waals surface area contributed by atoms with Crippen molar-refractivity contribution < 1.29 is 9.53 Å². The average Bonchev–Trinajstić information content (AvgIpc) is 2.61. The van der Waals surface area contributed by atoms with Gasteiger partial charge in [0.05, 0.1) is 6.54 Å². The molecule has 0 radical (unpaired) electrons. The van der Waals surface area contributed by atoms with Gasteiger partial charge in [0, 0.05) is 23.8 Å². The lowest BCUT2D eigenvalue weighted by Crippen LogP contribution is -2.32. The normalized spacial score (nSPS) is 10.1. The Labute approximate surface area is 156 Å². The maximum absolute atomic E-state index is 11.8. The molecule has 0 atom stereocenters. The summed E-state index contributed by atoms with van der Waals surface area (Å²) in [6.45, 7) is 5.76. The summed E-state index contributed by atoms with van der Waals surface area (Å²) in [6, 6.07) is 6.68. The zero-order valence-corrected chi connectivity index (χ0v) is 15.4. The predicted molar refractivity (Wildman–Crippen MR) is 102 cm³/mol. The molecule has 1 heterocycles. The van der Waals surface area contributed by atoms with Crippen molar-refractivity contribution in [1.29, 1.82) is 0 Å². The van der Waals surface area contributed by atoms with Gasteiger partial charge < -0.3 is 26.0 Å². The fourth-order valence-electron chi connectivity index (χ4n) is 1.91. The smallest absolute Gasteiger partial charge is 0.323 e. The van der Waals surface area contributed by atoms with Gasteiger partial charge in [0.2, 0.25) is 11.9 Å². The number of anilines is 3. The van der Waals surface area contributed by atoms with E-state index in [0.717, 1.165) is 0 Å². The van der Waals surface area contributed by atoms with Crippen LogP contribution in [-0.4, -0.2) is 47.2 Å². The van der Waals surface area contributed by atoms with Crippen molar-refractivity contribution in [1.82, 2.24) is 20.3 Å². The lowest BCUT2D eigenvalue weighted by molar-refractivity contribution is 0.245. The number of ether oxygens (including phenoxy) is 1. The predicted octanol–water partition coefficient (Wildman–Crippen LogP) is 2.59. The number of urea groups is 1. The van der Waals surface area contributed by atoms with Crippen molar-refractivity contribution in [2.24, 2.45) is 0 Å². The molecule has 1 aromatic heterocycles. The Hall–Kier alpha value is -2.81. The van der Waals surface area contributed by atoms with Crippen LogP contribution < -0.4 is 26.0 Å². The van der Waals surface area contributed by atoms with Crippen molar-refractivity contribution in [3.63, 3.8) is 0 Å². The van der Waals surface area contributed by atoms with Crippen LogP contribution in [0.2, 0.25) is 5.02 Å². The van der Waals surface area contributed by atoms with E-state index in [1.807, 2.05) is 13.8 Å². The first-order valence-corrected chi connectivity index (χ1v) is 8.65. The molecule has 2 rings (SSSR count). The maximum Gasteiger partial charge on any atom is 0.323 e. The molecule has 2 amide bonds. The van der Waals surface area contributed by atoms with Crippen LogP contribution in [0, 0.1) is 0 Å². The van der Waals surface area contributed by atoms with Gasteiger partial charge in [-0.1, -0.05) is 11.6 Å². The number of carbonyl (C=O) groups is 1. The monoisotopic (exact) mass is 379 g/mol. The molecule has 9 nitrogen and oxygen atoms in total. The summed E-state index contributed by atoms with van der Waals surface area (Å²) in [7, 11) is 0. The molecule has 0 aliphatic heterocycles. The lowest BCUT2D eigenvalue weighted by Gasteiger charge is -2.10. The summed E-state index contributed by atoms with van der Waals surface area (Å²) >= 11 is 5.80. The molecule has 4 N–H and O–H groups in total. The van der Waals surface area contributed by atoms with Crippen LogP contribution in [0.5, 0.6) is 6.01 Å². The van der Waals surface area contributed by atoms with Crippen molar-refractivity contribution in [3.8, 4) is 6.01 Å². The van der Waals surface area contributed by atoms with E-state index in [9.17, 15) is 4.79 Å².